The minimum atomic E-state index is -1.38. The lowest BCUT2D eigenvalue weighted by Gasteiger charge is -2.21. The third kappa shape index (κ3) is 8.15. The highest BCUT2D eigenvalue weighted by atomic mass is 16.8. The van der Waals surface area contributed by atoms with E-state index in [2.05, 4.69) is 4.74 Å². The van der Waals surface area contributed by atoms with Crippen molar-refractivity contribution in [2.24, 2.45) is 0 Å². The van der Waals surface area contributed by atoms with E-state index in [1.807, 2.05) is 27.7 Å². The van der Waals surface area contributed by atoms with Crippen molar-refractivity contribution in [1.82, 2.24) is 0 Å². The van der Waals surface area contributed by atoms with Crippen LogP contribution in [0.5, 0.6) is 0 Å². The molecular formula is C19H34O10. The molecule has 0 radical (unpaired) electrons. The van der Waals surface area contributed by atoms with Crippen LogP contribution in [-0.2, 0) is 38.0 Å². The Morgan fingerprint density at radius 3 is 2.10 bits per heavy atom. The molecule has 5 unspecified atom stereocenters. The SMILES string of the molecule is CCC1(C)OCC(COC(=O)C2COC(C)(CC)O2)O1.CCOC(=O)C(O)CO. The Bertz CT molecular complexity index is 527. The van der Waals surface area contributed by atoms with Crippen molar-refractivity contribution in [1.29, 1.82) is 0 Å². The fourth-order valence-corrected chi connectivity index (χ4v) is 2.46. The van der Waals surface area contributed by atoms with Crippen LogP contribution in [0.4, 0.5) is 0 Å². The van der Waals surface area contributed by atoms with Gasteiger partial charge in [-0.3, -0.25) is 0 Å². The molecule has 2 heterocycles. The number of rotatable bonds is 8. The number of ether oxygens (including phenoxy) is 6. The number of carbonyl (C=O) groups is 2. The zero-order valence-corrected chi connectivity index (χ0v) is 17.8. The minimum Gasteiger partial charge on any atom is -0.464 e. The van der Waals surface area contributed by atoms with Crippen LogP contribution in [0.3, 0.4) is 0 Å². The van der Waals surface area contributed by atoms with Gasteiger partial charge in [-0.15, -0.1) is 0 Å². The lowest BCUT2D eigenvalue weighted by Crippen LogP contribution is -2.33. The van der Waals surface area contributed by atoms with Crippen molar-refractivity contribution >= 4 is 11.9 Å². The van der Waals surface area contributed by atoms with Crippen molar-refractivity contribution in [2.45, 2.75) is 77.3 Å². The first-order chi connectivity index (χ1) is 13.6. The first-order valence-electron chi connectivity index (χ1n) is 9.87. The third-order valence-electron chi connectivity index (χ3n) is 4.61. The van der Waals surface area contributed by atoms with Crippen molar-refractivity contribution in [3.8, 4) is 0 Å². The van der Waals surface area contributed by atoms with Crippen LogP contribution in [0, 0.1) is 0 Å². The molecule has 0 bridgehead atoms. The fraction of sp³-hybridized carbons (Fsp3) is 0.895. The molecule has 2 aliphatic heterocycles. The van der Waals surface area contributed by atoms with Gasteiger partial charge in [-0.25, -0.2) is 9.59 Å². The quantitative estimate of drug-likeness (QED) is 0.534. The molecule has 0 aromatic carbocycles. The van der Waals surface area contributed by atoms with Crippen LogP contribution in [0.25, 0.3) is 0 Å². The van der Waals surface area contributed by atoms with Crippen LogP contribution in [-0.4, -0.2) is 85.1 Å². The van der Waals surface area contributed by atoms with Gasteiger partial charge in [-0.05, 0) is 33.6 Å². The second-order valence-corrected chi connectivity index (χ2v) is 7.02. The fourth-order valence-electron chi connectivity index (χ4n) is 2.46. The highest BCUT2D eigenvalue weighted by Crippen LogP contribution is 2.28. The summed E-state index contributed by atoms with van der Waals surface area (Å²) < 4.78 is 31.9. The van der Waals surface area contributed by atoms with Crippen LogP contribution in [0.1, 0.15) is 47.5 Å². The maximum absolute atomic E-state index is 11.9. The van der Waals surface area contributed by atoms with E-state index in [4.69, 9.17) is 33.9 Å². The van der Waals surface area contributed by atoms with E-state index in [1.165, 1.54) is 0 Å². The second-order valence-electron chi connectivity index (χ2n) is 7.02. The van der Waals surface area contributed by atoms with Crippen LogP contribution in [0.2, 0.25) is 0 Å². The Labute approximate surface area is 171 Å². The normalized spacial score (nSPS) is 32.2. The van der Waals surface area contributed by atoms with Gasteiger partial charge in [0.25, 0.3) is 0 Å². The standard InChI is InChI=1S/C14H24O6.C5H10O4/c1-5-13(3)17-8-10(19-13)7-16-12(15)11-9-18-14(4,6-2)20-11;1-2-9-5(8)4(7)3-6/h10-11H,5-9H2,1-4H3;4,6-7H,2-3H2,1H3. The number of carbonyl (C=O) groups excluding carboxylic acids is 2. The maximum Gasteiger partial charge on any atom is 0.337 e. The molecule has 2 saturated heterocycles. The highest BCUT2D eigenvalue weighted by Gasteiger charge is 2.41. The number of hydrogen-bond donors (Lipinski definition) is 2. The molecule has 2 rings (SSSR count). The van der Waals surface area contributed by atoms with E-state index in [9.17, 15) is 9.59 Å². The summed E-state index contributed by atoms with van der Waals surface area (Å²) in [6, 6.07) is 0. The van der Waals surface area contributed by atoms with E-state index in [1.54, 1.807) is 6.92 Å². The monoisotopic (exact) mass is 422 g/mol. The first kappa shape index (κ1) is 25.7. The van der Waals surface area contributed by atoms with Gasteiger partial charge in [0.15, 0.2) is 23.8 Å². The topological polar surface area (TPSA) is 130 Å². The molecule has 170 valence electrons. The highest BCUT2D eigenvalue weighted by molar-refractivity contribution is 5.75. The average Bonchev–Trinajstić information content (AvgIpc) is 3.30. The Morgan fingerprint density at radius 2 is 1.62 bits per heavy atom. The van der Waals surface area contributed by atoms with Crippen LogP contribution >= 0.6 is 0 Å². The summed E-state index contributed by atoms with van der Waals surface area (Å²) in [6.07, 6.45) is -0.814. The summed E-state index contributed by atoms with van der Waals surface area (Å²) in [4.78, 5) is 22.3. The van der Waals surface area contributed by atoms with E-state index in [0.29, 0.717) is 13.0 Å². The van der Waals surface area contributed by atoms with Crippen molar-refractivity contribution in [2.75, 3.05) is 33.0 Å². The predicted octanol–water partition coefficient (Wildman–Crippen LogP) is 0.516. The van der Waals surface area contributed by atoms with Gasteiger partial charge in [0, 0.05) is 0 Å². The van der Waals surface area contributed by atoms with Gasteiger partial charge < -0.3 is 38.6 Å². The maximum atomic E-state index is 11.9. The molecule has 0 aromatic heterocycles. The van der Waals surface area contributed by atoms with Gasteiger partial charge in [0.1, 0.15) is 12.7 Å². The zero-order valence-electron chi connectivity index (χ0n) is 17.8. The summed E-state index contributed by atoms with van der Waals surface area (Å²) in [5.74, 6) is -2.43. The molecule has 0 aromatic rings. The summed E-state index contributed by atoms with van der Waals surface area (Å²) >= 11 is 0. The Kier molecular flexibility index (Phi) is 10.4. The summed E-state index contributed by atoms with van der Waals surface area (Å²) in [7, 11) is 0. The lowest BCUT2D eigenvalue weighted by molar-refractivity contribution is -0.182. The molecule has 0 amide bonds. The summed E-state index contributed by atoms with van der Waals surface area (Å²) in [6.45, 7) is 9.75. The predicted molar refractivity (Wildman–Crippen MR) is 99.7 cm³/mol. The van der Waals surface area contributed by atoms with E-state index in [-0.39, 0.29) is 25.9 Å². The molecule has 2 N–H and O–H groups in total. The largest absolute Gasteiger partial charge is 0.464 e. The molecule has 2 aliphatic rings. The third-order valence-corrected chi connectivity index (χ3v) is 4.61. The number of aliphatic hydroxyl groups is 2. The zero-order chi connectivity index (χ0) is 22.1. The number of esters is 2. The molecule has 0 saturated carbocycles. The van der Waals surface area contributed by atoms with Crippen LogP contribution < -0.4 is 0 Å². The Hall–Kier alpha value is -1.30. The molecular weight excluding hydrogens is 388 g/mol. The van der Waals surface area contributed by atoms with E-state index in [0.717, 1.165) is 6.42 Å². The molecule has 29 heavy (non-hydrogen) atoms. The number of aliphatic hydroxyl groups excluding tert-OH is 2. The Balaban J connectivity index is 0.000000396. The summed E-state index contributed by atoms with van der Waals surface area (Å²) in [5, 5.41) is 16.7. The molecule has 10 nitrogen and oxygen atoms in total. The average molecular weight is 422 g/mol. The van der Waals surface area contributed by atoms with Crippen LogP contribution in [0.15, 0.2) is 0 Å². The summed E-state index contributed by atoms with van der Waals surface area (Å²) in [5.41, 5.74) is 0. The molecule has 2 fully saturated rings. The van der Waals surface area contributed by atoms with Gasteiger partial charge in [-0.2, -0.15) is 0 Å². The van der Waals surface area contributed by atoms with Gasteiger partial charge in [-0.1, -0.05) is 13.8 Å². The molecule has 10 heteroatoms. The van der Waals surface area contributed by atoms with Gasteiger partial charge >= 0.3 is 11.9 Å². The number of hydrogen-bond acceptors (Lipinski definition) is 10. The first-order valence-corrected chi connectivity index (χ1v) is 9.87. The lowest BCUT2D eigenvalue weighted by atomic mass is 10.2. The second kappa shape index (κ2) is 11.8. The van der Waals surface area contributed by atoms with Crippen molar-refractivity contribution in [3.63, 3.8) is 0 Å². The molecule has 0 aliphatic carbocycles. The van der Waals surface area contributed by atoms with Crippen molar-refractivity contribution in [3.05, 3.63) is 0 Å². The molecule has 0 spiro atoms. The van der Waals surface area contributed by atoms with Crippen molar-refractivity contribution < 1.29 is 48.2 Å². The van der Waals surface area contributed by atoms with E-state index < -0.39 is 42.3 Å². The van der Waals surface area contributed by atoms with Gasteiger partial charge in [0.05, 0.1) is 26.4 Å². The van der Waals surface area contributed by atoms with Gasteiger partial charge in [0.2, 0.25) is 0 Å². The molecule has 5 atom stereocenters. The smallest absolute Gasteiger partial charge is 0.337 e. The Morgan fingerprint density at radius 1 is 1.03 bits per heavy atom. The van der Waals surface area contributed by atoms with E-state index >= 15 is 0 Å². The minimum absolute atomic E-state index is 0.178.